The van der Waals surface area contributed by atoms with Crippen LogP contribution in [0.1, 0.15) is 22.3 Å². The highest BCUT2D eigenvalue weighted by molar-refractivity contribution is 7.09. The molecule has 0 aliphatic carbocycles. The fourth-order valence-electron chi connectivity index (χ4n) is 3.51. The second kappa shape index (κ2) is 8.82. The SMILES string of the molecule is CN1CCN(Cc2csc(COc3ccc(F)cc3)n2)C(c2ccccc2)C1. The third-order valence-electron chi connectivity index (χ3n) is 5.02. The van der Waals surface area contributed by atoms with Crippen molar-refractivity contribution in [2.45, 2.75) is 19.2 Å². The van der Waals surface area contributed by atoms with Crippen LogP contribution in [0.25, 0.3) is 0 Å². The van der Waals surface area contributed by atoms with Crippen LogP contribution in [-0.2, 0) is 13.2 Å². The van der Waals surface area contributed by atoms with Gasteiger partial charge in [-0.2, -0.15) is 0 Å². The topological polar surface area (TPSA) is 28.6 Å². The smallest absolute Gasteiger partial charge is 0.140 e. The van der Waals surface area contributed by atoms with Crippen LogP contribution in [-0.4, -0.2) is 41.5 Å². The molecule has 2 heterocycles. The summed E-state index contributed by atoms with van der Waals surface area (Å²) in [5.41, 5.74) is 2.43. The van der Waals surface area contributed by atoms with E-state index in [4.69, 9.17) is 9.72 Å². The fraction of sp³-hybridized carbons (Fsp3) is 0.318. The van der Waals surface area contributed by atoms with E-state index in [9.17, 15) is 4.39 Å². The average Bonchev–Trinajstić information content (AvgIpc) is 3.17. The molecule has 0 N–H and O–H groups in total. The number of aromatic nitrogens is 1. The Labute approximate surface area is 169 Å². The Balaban J connectivity index is 1.40. The van der Waals surface area contributed by atoms with E-state index in [1.54, 1.807) is 23.5 Å². The minimum absolute atomic E-state index is 0.260. The number of piperazine rings is 1. The van der Waals surface area contributed by atoms with Gasteiger partial charge in [0, 0.05) is 37.6 Å². The molecule has 0 amide bonds. The van der Waals surface area contributed by atoms with Crippen molar-refractivity contribution in [3.8, 4) is 5.75 Å². The second-order valence-electron chi connectivity index (χ2n) is 7.13. The Kier molecular flexibility index (Phi) is 6.00. The maximum absolute atomic E-state index is 13.0. The zero-order chi connectivity index (χ0) is 19.3. The molecule has 0 bridgehead atoms. The van der Waals surface area contributed by atoms with Crippen LogP contribution < -0.4 is 4.74 Å². The van der Waals surface area contributed by atoms with Crippen molar-refractivity contribution in [2.24, 2.45) is 0 Å². The maximum Gasteiger partial charge on any atom is 0.140 e. The van der Waals surface area contributed by atoms with Crippen LogP contribution in [0.4, 0.5) is 4.39 Å². The lowest BCUT2D eigenvalue weighted by molar-refractivity contribution is 0.0823. The predicted octanol–water partition coefficient (Wildman–Crippen LogP) is 4.35. The highest BCUT2D eigenvalue weighted by Crippen LogP contribution is 2.27. The molecule has 0 spiro atoms. The molecule has 1 atom stereocenters. The first kappa shape index (κ1) is 19.1. The lowest BCUT2D eigenvalue weighted by atomic mass is 10.0. The minimum atomic E-state index is -0.260. The molecule has 28 heavy (non-hydrogen) atoms. The van der Waals surface area contributed by atoms with Gasteiger partial charge in [0.25, 0.3) is 0 Å². The van der Waals surface area contributed by atoms with Gasteiger partial charge < -0.3 is 9.64 Å². The van der Waals surface area contributed by atoms with E-state index in [0.717, 1.165) is 36.9 Å². The first-order chi connectivity index (χ1) is 13.7. The number of hydrogen-bond acceptors (Lipinski definition) is 5. The Morgan fingerprint density at radius 3 is 2.68 bits per heavy atom. The lowest BCUT2D eigenvalue weighted by Crippen LogP contribution is -2.46. The summed E-state index contributed by atoms with van der Waals surface area (Å²) in [6.07, 6.45) is 0. The highest BCUT2D eigenvalue weighted by Gasteiger charge is 2.27. The third-order valence-corrected chi connectivity index (χ3v) is 5.89. The summed E-state index contributed by atoms with van der Waals surface area (Å²) in [7, 11) is 2.18. The van der Waals surface area contributed by atoms with E-state index in [1.807, 2.05) is 0 Å². The van der Waals surface area contributed by atoms with Gasteiger partial charge in [0.05, 0.1) is 5.69 Å². The quantitative estimate of drug-likeness (QED) is 0.618. The Morgan fingerprint density at radius 2 is 1.89 bits per heavy atom. The number of rotatable bonds is 6. The van der Waals surface area contributed by atoms with Crippen LogP contribution in [0.2, 0.25) is 0 Å². The van der Waals surface area contributed by atoms with Crippen molar-refractivity contribution in [3.05, 3.63) is 82.1 Å². The molecule has 1 aliphatic rings. The van der Waals surface area contributed by atoms with Crippen molar-refractivity contribution in [3.63, 3.8) is 0 Å². The van der Waals surface area contributed by atoms with Gasteiger partial charge in [-0.15, -0.1) is 11.3 Å². The molecule has 1 fully saturated rings. The van der Waals surface area contributed by atoms with Crippen LogP contribution in [0.3, 0.4) is 0 Å². The summed E-state index contributed by atoms with van der Waals surface area (Å²) in [4.78, 5) is 9.64. The van der Waals surface area contributed by atoms with Gasteiger partial charge in [-0.3, -0.25) is 4.90 Å². The van der Waals surface area contributed by atoms with Gasteiger partial charge in [-0.05, 0) is 36.9 Å². The van der Waals surface area contributed by atoms with Gasteiger partial charge in [0.15, 0.2) is 0 Å². The summed E-state index contributed by atoms with van der Waals surface area (Å²) >= 11 is 1.61. The number of likely N-dealkylation sites (N-methyl/N-ethyl adjacent to an activating group) is 1. The largest absolute Gasteiger partial charge is 0.486 e. The molecule has 2 aromatic carbocycles. The van der Waals surface area contributed by atoms with Crippen molar-refractivity contribution < 1.29 is 9.13 Å². The highest BCUT2D eigenvalue weighted by atomic mass is 32.1. The molecule has 3 aromatic rings. The molecule has 146 valence electrons. The third kappa shape index (κ3) is 4.76. The molecule has 4 nitrogen and oxygen atoms in total. The predicted molar refractivity (Wildman–Crippen MR) is 110 cm³/mol. The molecule has 1 unspecified atom stereocenters. The van der Waals surface area contributed by atoms with Gasteiger partial charge in [0.1, 0.15) is 23.2 Å². The molecule has 1 saturated heterocycles. The van der Waals surface area contributed by atoms with Gasteiger partial charge >= 0.3 is 0 Å². The first-order valence-electron chi connectivity index (χ1n) is 9.46. The monoisotopic (exact) mass is 397 g/mol. The first-order valence-corrected chi connectivity index (χ1v) is 10.3. The zero-order valence-corrected chi connectivity index (χ0v) is 16.7. The fourth-order valence-corrected chi connectivity index (χ4v) is 4.21. The summed E-state index contributed by atoms with van der Waals surface area (Å²) in [5.74, 6) is 0.394. The van der Waals surface area contributed by atoms with Crippen LogP contribution in [0.15, 0.2) is 60.0 Å². The summed E-state index contributed by atoms with van der Waals surface area (Å²) < 4.78 is 18.7. The molecule has 0 saturated carbocycles. The second-order valence-corrected chi connectivity index (χ2v) is 8.08. The molecule has 1 aliphatic heterocycles. The maximum atomic E-state index is 13.0. The number of hydrogen-bond donors (Lipinski definition) is 0. The molecule has 4 rings (SSSR count). The van der Waals surface area contributed by atoms with Gasteiger partial charge in [0.2, 0.25) is 0 Å². The molecular weight excluding hydrogens is 373 g/mol. The normalized spacial score (nSPS) is 18.3. The van der Waals surface area contributed by atoms with Crippen LogP contribution in [0, 0.1) is 5.82 Å². The summed E-state index contributed by atoms with van der Waals surface area (Å²) in [6, 6.07) is 17.1. The van der Waals surface area contributed by atoms with Crippen molar-refractivity contribution in [1.82, 2.24) is 14.8 Å². The van der Waals surface area contributed by atoms with Crippen LogP contribution >= 0.6 is 11.3 Å². The summed E-state index contributed by atoms with van der Waals surface area (Å²) in [6.45, 7) is 4.35. The molecule has 1 aromatic heterocycles. The van der Waals surface area contributed by atoms with Crippen molar-refractivity contribution in [2.75, 3.05) is 26.7 Å². The standard InChI is InChI=1S/C22H24FN3OS/c1-25-11-12-26(21(14-25)17-5-3-2-4-6-17)13-19-16-28-22(24-19)15-27-20-9-7-18(23)8-10-20/h2-10,16,21H,11-15H2,1H3. The molecular formula is C22H24FN3OS. The van der Waals surface area contributed by atoms with Gasteiger partial charge in [-0.1, -0.05) is 30.3 Å². The number of benzene rings is 2. The average molecular weight is 398 g/mol. The number of ether oxygens (including phenoxy) is 1. The molecule has 0 radical (unpaired) electrons. The number of thiazole rings is 1. The Hall–Kier alpha value is -2.28. The number of nitrogens with zero attached hydrogens (tertiary/aromatic N) is 3. The van der Waals surface area contributed by atoms with E-state index >= 15 is 0 Å². The van der Waals surface area contributed by atoms with E-state index in [-0.39, 0.29) is 5.82 Å². The van der Waals surface area contributed by atoms with E-state index in [1.165, 1.54) is 17.7 Å². The lowest BCUT2D eigenvalue weighted by Gasteiger charge is -2.40. The molecule has 6 heteroatoms. The Morgan fingerprint density at radius 1 is 1.11 bits per heavy atom. The summed E-state index contributed by atoms with van der Waals surface area (Å²) in [5, 5.41) is 3.05. The van der Waals surface area contributed by atoms with Crippen LogP contribution in [0.5, 0.6) is 5.75 Å². The minimum Gasteiger partial charge on any atom is -0.486 e. The van der Waals surface area contributed by atoms with Crippen molar-refractivity contribution in [1.29, 1.82) is 0 Å². The van der Waals surface area contributed by atoms with Crippen molar-refractivity contribution >= 4 is 11.3 Å². The Bertz CT molecular complexity index is 884. The van der Waals surface area contributed by atoms with E-state index < -0.39 is 0 Å². The zero-order valence-electron chi connectivity index (χ0n) is 15.9. The van der Waals surface area contributed by atoms with Gasteiger partial charge in [-0.25, -0.2) is 9.37 Å². The number of halogens is 1. The van der Waals surface area contributed by atoms with E-state index in [0.29, 0.717) is 18.4 Å². The van der Waals surface area contributed by atoms with E-state index in [2.05, 4.69) is 52.6 Å².